The summed E-state index contributed by atoms with van der Waals surface area (Å²) in [6.45, 7) is 15.3. The van der Waals surface area contributed by atoms with Gasteiger partial charge in [0.15, 0.2) is 0 Å². The molecule has 1 aliphatic heterocycles. The lowest BCUT2D eigenvalue weighted by atomic mass is 9.97. The summed E-state index contributed by atoms with van der Waals surface area (Å²) in [4.78, 5) is 2.74. The number of rotatable bonds is 6. The maximum absolute atomic E-state index is 3.73. The summed E-state index contributed by atoms with van der Waals surface area (Å²) < 4.78 is 0. The van der Waals surface area contributed by atoms with Crippen LogP contribution in [0, 0.1) is 11.8 Å². The molecule has 0 aromatic heterocycles. The number of hydrogen-bond acceptors (Lipinski definition) is 2. The standard InChI is InChI=1S/C15H32N2/c1-6-7-14-10-16-15(13(4)5)11-17(14)9-8-12(2)3/h12-16H,6-11H2,1-5H3. The van der Waals surface area contributed by atoms with E-state index in [4.69, 9.17) is 0 Å². The van der Waals surface area contributed by atoms with Crippen LogP contribution in [0.2, 0.25) is 0 Å². The zero-order valence-electron chi connectivity index (χ0n) is 12.5. The molecule has 0 spiro atoms. The molecule has 102 valence electrons. The number of nitrogens with zero attached hydrogens (tertiary/aromatic N) is 1. The second-order valence-electron chi connectivity index (χ2n) is 6.38. The van der Waals surface area contributed by atoms with Crippen molar-refractivity contribution in [3.63, 3.8) is 0 Å². The van der Waals surface area contributed by atoms with Crippen LogP contribution in [0.3, 0.4) is 0 Å². The van der Waals surface area contributed by atoms with Crippen LogP contribution in [0.25, 0.3) is 0 Å². The van der Waals surface area contributed by atoms with Gasteiger partial charge < -0.3 is 5.32 Å². The highest BCUT2D eigenvalue weighted by atomic mass is 15.2. The lowest BCUT2D eigenvalue weighted by Gasteiger charge is -2.42. The predicted molar refractivity (Wildman–Crippen MR) is 76.4 cm³/mol. The van der Waals surface area contributed by atoms with Gasteiger partial charge in [-0.3, -0.25) is 4.90 Å². The summed E-state index contributed by atoms with van der Waals surface area (Å²) in [6.07, 6.45) is 3.98. The topological polar surface area (TPSA) is 15.3 Å². The largest absolute Gasteiger partial charge is 0.311 e. The molecule has 2 nitrogen and oxygen atoms in total. The summed E-state index contributed by atoms with van der Waals surface area (Å²) in [5, 5.41) is 3.73. The zero-order valence-corrected chi connectivity index (χ0v) is 12.5. The zero-order chi connectivity index (χ0) is 12.8. The first kappa shape index (κ1) is 15.0. The summed E-state index contributed by atoms with van der Waals surface area (Å²) in [5.74, 6) is 1.57. The molecule has 0 saturated carbocycles. The smallest absolute Gasteiger partial charge is 0.0221 e. The first-order valence-electron chi connectivity index (χ1n) is 7.52. The molecular formula is C15H32N2. The predicted octanol–water partition coefficient (Wildman–Crippen LogP) is 3.13. The van der Waals surface area contributed by atoms with Crippen molar-refractivity contribution in [2.24, 2.45) is 11.8 Å². The van der Waals surface area contributed by atoms with Crippen LogP contribution < -0.4 is 5.32 Å². The van der Waals surface area contributed by atoms with E-state index < -0.39 is 0 Å². The second-order valence-corrected chi connectivity index (χ2v) is 6.38. The molecule has 1 fully saturated rings. The van der Waals surface area contributed by atoms with E-state index in [-0.39, 0.29) is 0 Å². The molecule has 1 heterocycles. The summed E-state index contributed by atoms with van der Waals surface area (Å²) in [5.41, 5.74) is 0. The van der Waals surface area contributed by atoms with Gasteiger partial charge in [-0.05, 0) is 31.2 Å². The van der Waals surface area contributed by atoms with Gasteiger partial charge in [0.1, 0.15) is 0 Å². The van der Waals surface area contributed by atoms with Crippen molar-refractivity contribution in [3.8, 4) is 0 Å². The van der Waals surface area contributed by atoms with Gasteiger partial charge in [0.2, 0.25) is 0 Å². The van der Waals surface area contributed by atoms with Gasteiger partial charge >= 0.3 is 0 Å². The quantitative estimate of drug-likeness (QED) is 0.767. The highest BCUT2D eigenvalue weighted by Crippen LogP contribution is 2.17. The molecular weight excluding hydrogens is 208 g/mol. The molecule has 0 radical (unpaired) electrons. The van der Waals surface area contributed by atoms with E-state index in [1.807, 2.05) is 0 Å². The van der Waals surface area contributed by atoms with Crippen LogP contribution >= 0.6 is 0 Å². The first-order valence-corrected chi connectivity index (χ1v) is 7.52. The minimum absolute atomic E-state index is 0.690. The molecule has 1 rings (SSSR count). The Balaban J connectivity index is 2.49. The molecule has 2 heteroatoms. The second kappa shape index (κ2) is 7.38. The first-order chi connectivity index (χ1) is 8.04. The van der Waals surface area contributed by atoms with Gasteiger partial charge in [-0.25, -0.2) is 0 Å². The molecule has 17 heavy (non-hydrogen) atoms. The van der Waals surface area contributed by atoms with E-state index in [9.17, 15) is 0 Å². The third kappa shape index (κ3) is 4.97. The average molecular weight is 240 g/mol. The molecule has 0 amide bonds. The van der Waals surface area contributed by atoms with E-state index in [0.717, 1.165) is 17.9 Å². The Bertz CT molecular complexity index is 201. The molecule has 2 unspecified atom stereocenters. The van der Waals surface area contributed by atoms with Gasteiger partial charge in [0.05, 0.1) is 0 Å². The fourth-order valence-corrected chi connectivity index (χ4v) is 2.65. The highest BCUT2D eigenvalue weighted by Gasteiger charge is 2.28. The molecule has 0 bridgehead atoms. The van der Waals surface area contributed by atoms with Crippen molar-refractivity contribution < 1.29 is 0 Å². The molecule has 1 saturated heterocycles. The van der Waals surface area contributed by atoms with Gasteiger partial charge in [-0.2, -0.15) is 0 Å². The monoisotopic (exact) mass is 240 g/mol. The maximum atomic E-state index is 3.73. The number of piperazine rings is 1. The average Bonchev–Trinajstić information content (AvgIpc) is 2.27. The molecule has 1 aliphatic rings. The van der Waals surface area contributed by atoms with E-state index in [1.165, 1.54) is 38.9 Å². The van der Waals surface area contributed by atoms with Gasteiger partial charge in [0, 0.05) is 25.2 Å². The lowest BCUT2D eigenvalue weighted by Crippen LogP contribution is -2.58. The number of nitrogens with one attached hydrogen (secondary N) is 1. The minimum Gasteiger partial charge on any atom is -0.311 e. The van der Waals surface area contributed by atoms with Gasteiger partial charge in [0.25, 0.3) is 0 Å². The van der Waals surface area contributed by atoms with Crippen LogP contribution in [-0.4, -0.2) is 36.6 Å². The maximum Gasteiger partial charge on any atom is 0.0221 e. The molecule has 2 atom stereocenters. The SMILES string of the molecule is CCCC1CNC(C(C)C)CN1CCC(C)C. The van der Waals surface area contributed by atoms with Gasteiger partial charge in [-0.15, -0.1) is 0 Å². The summed E-state index contributed by atoms with van der Waals surface area (Å²) in [7, 11) is 0. The van der Waals surface area contributed by atoms with Crippen molar-refractivity contribution in [3.05, 3.63) is 0 Å². The third-order valence-corrected chi connectivity index (χ3v) is 3.98. The Morgan fingerprint density at radius 3 is 2.47 bits per heavy atom. The van der Waals surface area contributed by atoms with E-state index in [2.05, 4.69) is 44.8 Å². The normalized spacial score (nSPS) is 27.0. The molecule has 0 aromatic carbocycles. The molecule has 0 aromatic rings. The van der Waals surface area contributed by atoms with E-state index in [1.54, 1.807) is 0 Å². The van der Waals surface area contributed by atoms with Crippen LogP contribution in [0.4, 0.5) is 0 Å². The Hall–Kier alpha value is -0.0800. The fraction of sp³-hybridized carbons (Fsp3) is 1.00. The Morgan fingerprint density at radius 1 is 1.24 bits per heavy atom. The van der Waals surface area contributed by atoms with Crippen molar-refractivity contribution >= 4 is 0 Å². The Labute approximate surface area is 108 Å². The van der Waals surface area contributed by atoms with E-state index in [0.29, 0.717) is 6.04 Å². The fourth-order valence-electron chi connectivity index (χ4n) is 2.65. The van der Waals surface area contributed by atoms with Crippen molar-refractivity contribution in [2.45, 2.75) is 66.0 Å². The molecule has 1 N–H and O–H groups in total. The molecule has 0 aliphatic carbocycles. The summed E-state index contributed by atoms with van der Waals surface area (Å²) >= 11 is 0. The lowest BCUT2D eigenvalue weighted by molar-refractivity contribution is 0.102. The van der Waals surface area contributed by atoms with E-state index >= 15 is 0 Å². The highest BCUT2D eigenvalue weighted by molar-refractivity contribution is 4.87. The van der Waals surface area contributed by atoms with Gasteiger partial charge in [-0.1, -0.05) is 41.0 Å². The minimum atomic E-state index is 0.690. The summed E-state index contributed by atoms with van der Waals surface area (Å²) in [6, 6.07) is 1.46. The Morgan fingerprint density at radius 2 is 1.94 bits per heavy atom. The van der Waals surface area contributed by atoms with Crippen LogP contribution in [0.5, 0.6) is 0 Å². The third-order valence-electron chi connectivity index (χ3n) is 3.98. The number of hydrogen-bond donors (Lipinski definition) is 1. The van der Waals surface area contributed by atoms with Crippen LogP contribution in [0.1, 0.15) is 53.9 Å². The van der Waals surface area contributed by atoms with Crippen molar-refractivity contribution in [1.29, 1.82) is 0 Å². The Kier molecular flexibility index (Phi) is 6.50. The van der Waals surface area contributed by atoms with Crippen LogP contribution in [-0.2, 0) is 0 Å². The van der Waals surface area contributed by atoms with Crippen LogP contribution in [0.15, 0.2) is 0 Å². The van der Waals surface area contributed by atoms with Crippen molar-refractivity contribution in [2.75, 3.05) is 19.6 Å². The van der Waals surface area contributed by atoms with Crippen molar-refractivity contribution in [1.82, 2.24) is 10.2 Å².